The van der Waals surface area contributed by atoms with Crippen LogP contribution in [-0.2, 0) is 6.42 Å². The minimum atomic E-state index is 0.639. The van der Waals surface area contributed by atoms with Crippen LogP contribution in [0.25, 0.3) is 0 Å². The Bertz CT molecular complexity index is 420. The lowest BCUT2D eigenvalue weighted by molar-refractivity contribution is 0.535. The third kappa shape index (κ3) is 5.36. The second kappa shape index (κ2) is 8.79. The first-order valence-electron chi connectivity index (χ1n) is 7.97. The molecule has 0 amide bonds. The van der Waals surface area contributed by atoms with Crippen LogP contribution >= 0.6 is 0 Å². The van der Waals surface area contributed by atoms with Gasteiger partial charge in [0.2, 0.25) is 0 Å². The van der Waals surface area contributed by atoms with E-state index in [1.165, 1.54) is 29.5 Å². The molecule has 0 N–H and O–H groups in total. The number of aryl methyl sites for hydroxylation is 1. The third-order valence-electron chi connectivity index (χ3n) is 4.16. The SMILES string of the molecule is C=C/C=C(\CCC)CCc1ccc(C(C)C(C)C)cc1. The van der Waals surface area contributed by atoms with Crippen molar-refractivity contribution in [3.8, 4) is 0 Å². The summed E-state index contributed by atoms with van der Waals surface area (Å²) in [4.78, 5) is 0. The van der Waals surface area contributed by atoms with Crippen molar-refractivity contribution >= 4 is 0 Å². The standard InChI is InChI=1S/C20H30/c1-6-8-18(9-7-2)10-11-19-12-14-20(15-13-19)17(5)16(3)4/h6,8,12-17H,1,7,9-11H2,2-5H3/b18-8+. The molecule has 0 bridgehead atoms. The van der Waals surface area contributed by atoms with Crippen molar-refractivity contribution in [2.45, 2.75) is 59.3 Å². The van der Waals surface area contributed by atoms with Gasteiger partial charge in [0.1, 0.15) is 0 Å². The molecule has 1 rings (SSSR count). The predicted molar refractivity (Wildman–Crippen MR) is 91.2 cm³/mol. The van der Waals surface area contributed by atoms with Gasteiger partial charge in [-0.2, -0.15) is 0 Å². The van der Waals surface area contributed by atoms with Crippen molar-refractivity contribution in [3.05, 3.63) is 59.7 Å². The van der Waals surface area contributed by atoms with Crippen molar-refractivity contribution in [2.24, 2.45) is 5.92 Å². The van der Waals surface area contributed by atoms with E-state index in [0.29, 0.717) is 11.8 Å². The summed E-state index contributed by atoms with van der Waals surface area (Å²) in [6.07, 6.45) is 8.78. The van der Waals surface area contributed by atoms with Gasteiger partial charge in [-0.15, -0.1) is 0 Å². The molecule has 1 aromatic rings. The fourth-order valence-electron chi connectivity index (χ4n) is 2.46. The van der Waals surface area contributed by atoms with Crippen LogP contribution in [0.15, 0.2) is 48.6 Å². The number of hydrogen-bond donors (Lipinski definition) is 0. The molecular weight excluding hydrogens is 240 g/mol. The first-order valence-corrected chi connectivity index (χ1v) is 7.97. The largest absolute Gasteiger partial charge is 0.0991 e. The van der Waals surface area contributed by atoms with Crippen molar-refractivity contribution in [2.75, 3.05) is 0 Å². The van der Waals surface area contributed by atoms with E-state index in [2.05, 4.69) is 64.6 Å². The van der Waals surface area contributed by atoms with Crippen LogP contribution in [-0.4, -0.2) is 0 Å². The molecule has 0 radical (unpaired) electrons. The second-order valence-corrected chi connectivity index (χ2v) is 6.08. The molecule has 1 atom stereocenters. The molecular formula is C20H30. The van der Waals surface area contributed by atoms with E-state index in [-0.39, 0.29) is 0 Å². The smallest absolute Gasteiger partial charge is 0.0167 e. The Labute approximate surface area is 125 Å². The van der Waals surface area contributed by atoms with Gasteiger partial charge in [-0.25, -0.2) is 0 Å². The molecule has 0 aliphatic heterocycles. The monoisotopic (exact) mass is 270 g/mol. The minimum absolute atomic E-state index is 0.639. The maximum Gasteiger partial charge on any atom is -0.0167 e. The molecule has 0 heteroatoms. The molecule has 0 spiro atoms. The summed E-state index contributed by atoms with van der Waals surface area (Å²) in [5.41, 5.74) is 4.41. The molecule has 0 saturated heterocycles. The van der Waals surface area contributed by atoms with Gasteiger partial charge in [-0.1, -0.05) is 82.7 Å². The number of allylic oxidation sites excluding steroid dienone is 3. The maximum absolute atomic E-state index is 3.81. The molecule has 0 saturated carbocycles. The first-order chi connectivity index (χ1) is 9.58. The lowest BCUT2D eigenvalue weighted by atomic mass is 9.89. The van der Waals surface area contributed by atoms with Crippen LogP contribution < -0.4 is 0 Å². The summed E-state index contributed by atoms with van der Waals surface area (Å²) in [6.45, 7) is 12.9. The minimum Gasteiger partial charge on any atom is -0.0991 e. The zero-order valence-corrected chi connectivity index (χ0v) is 13.7. The van der Waals surface area contributed by atoms with E-state index in [1.807, 2.05) is 6.08 Å². The van der Waals surface area contributed by atoms with Gasteiger partial charge in [-0.05, 0) is 42.2 Å². The molecule has 20 heavy (non-hydrogen) atoms. The summed E-state index contributed by atoms with van der Waals surface area (Å²) in [7, 11) is 0. The van der Waals surface area contributed by atoms with Crippen molar-refractivity contribution in [1.29, 1.82) is 0 Å². The lowest BCUT2D eigenvalue weighted by Gasteiger charge is -2.16. The molecule has 1 unspecified atom stereocenters. The van der Waals surface area contributed by atoms with Gasteiger partial charge in [0.05, 0.1) is 0 Å². The van der Waals surface area contributed by atoms with Gasteiger partial charge in [0.15, 0.2) is 0 Å². The second-order valence-electron chi connectivity index (χ2n) is 6.08. The van der Waals surface area contributed by atoms with Gasteiger partial charge in [0, 0.05) is 0 Å². The van der Waals surface area contributed by atoms with Crippen LogP contribution in [0.3, 0.4) is 0 Å². The summed E-state index contributed by atoms with van der Waals surface area (Å²) in [6, 6.07) is 9.20. The molecule has 0 fully saturated rings. The van der Waals surface area contributed by atoms with Crippen LogP contribution in [0.1, 0.15) is 64.0 Å². The van der Waals surface area contributed by atoms with Gasteiger partial charge < -0.3 is 0 Å². The number of hydrogen-bond acceptors (Lipinski definition) is 0. The Morgan fingerprint density at radius 3 is 2.25 bits per heavy atom. The van der Waals surface area contributed by atoms with E-state index in [1.54, 1.807) is 0 Å². The van der Waals surface area contributed by atoms with Crippen LogP contribution in [0, 0.1) is 5.92 Å². The van der Waals surface area contributed by atoms with E-state index in [9.17, 15) is 0 Å². The normalized spacial score (nSPS) is 13.6. The topological polar surface area (TPSA) is 0 Å². The Morgan fingerprint density at radius 1 is 1.10 bits per heavy atom. The zero-order valence-electron chi connectivity index (χ0n) is 13.7. The maximum atomic E-state index is 3.81. The molecule has 0 aliphatic rings. The molecule has 0 heterocycles. The van der Waals surface area contributed by atoms with Crippen LogP contribution in [0.2, 0.25) is 0 Å². The summed E-state index contributed by atoms with van der Waals surface area (Å²) >= 11 is 0. The van der Waals surface area contributed by atoms with Gasteiger partial charge >= 0.3 is 0 Å². The molecule has 1 aromatic carbocycles. The number of rotatable bonds is 8. The summed E-state index contributed by atoms with van der Waals surface area (Å²) in [5, 5.41) is 0. The fraction of sp³-hybridized carbons (Fsp3) is 0.500. The average Bonchev–Trinajstić information content (AvgIpc) is 2.45. The predicted octanol–water partition coefficient (Wildman–Crippen LogP) is 6.29. The lowest BCUT2D eigenvalue weighted by Crippen LogP contribution is -2.02. The molecule has 110 valence electrons. The molecule has 0 aliphatic carbocycles. The Balaban J connectivity index is 2.61. The molecule has 0 aromatic heterocycles. The summed E-state index contributed by atoms with van der Waals surface area (Å²) in [5.74, 6) is 1.34. The summed E-state index contributed by atoms with van der Waals surface area (Å²) < 4.78 is 0. The quantitative estimate of drug-likeness (QED) is 0.487. The van der Waals surface area contributed by atoms with E-state index >= 15 is 0 Å². The average molecular weight is 270 g/mol. The highest BCUT2D eigenvalue weighted by atomic mass is 14.1. The van der Waals surface area contributed by atoms with Crippen molar-refractivity contribution in [1.82, 2.24) is 0 Å². The van der Waals surface area contributed by atoms with Crippen molar-refractivity contribution < 1.29 is 0 Å². The van der Waals surface area contributed by atoms with E-state index in [4.69, 9.17) is 0 Å². The highest BCUT2D eigenvalue weighted by Crippen LogP contribution is 2.24. The van der Waals surface area contributed by atoms with E-state index in [0.717, 1.165) is 12.8 Å². The van der Waals surface area contributed by atoms with E-state index < -0.39 is 0 Å². The van der Waals surface area contributed by atoms with Gasteiger partial charge in [0.25, 0.3) is 0 Å². The van der Waals surface area contributed by atoms with Crippen LogP contribution in [0.5, 0.6) is 0 Å². The van der Waals surface area contributed by atoms with Gasteiger partial charge in [-0.3, -0.25) is 0 Å². The highest BCUT2D eigenvalue weighted by Gasteiger charge is 2.09. The fourth-order valence-corrected chi connectivity index (χ4v) is 2.46. The zero-order chi connectivity index (χ0) is 15.0. The molecule has 0 nitrogen and oxygen atoms in total. The number of benzene rings is 1. The van der Waals surface area contributed by atoms with Crippen LogP contribution in [0.4, 0.5) is 0 Å². The Morgan fingerprint density at radius 2 is 1.75 bits per heavy atom. The first kappa shape index (κ1) is 16.8. The highest BCUT2D eigenvalue weighted by molar-refractivity contribution is 5.26. The Kier molecular flexibility index (Phi) is 7.36. The van der Waals surface area contributed by atoms with Crippen molar-refractivity contribution in [3.63, 3.8) is 0 Å². The Hall–Kier alpha value is -1.30. The third-order valence-corrected chi connectivity index (χ3v) is 4.16.